The molecular weight excluding hydrogens is 406 g/mol. The number of methoxy groups -OCH3 is 1. The predicted molar refractivity (Wildman–Crippen MR) is 102 cm³/mol. The Kier molecular flexibility index (Phi) is 6.50. The van der Waals surface area contributed by atoms with E-state index in [1.165, 1.54) is 25.5 Å². The van der Waals surface area contributed by atoms with Crippen molar-refractivity contribution >= 4 is 33.8 Å². The number of nitro groups is 1. The Morgan fingerprint density at radius 2 is 2.00 bits per heavy atom. The smallest absolute Gasteiger partial charge is 0.269 e. The van der Waals surface area contributed by atoms with Crippen molar-refractivity contribution in [2.75, 3.05) is 7.11 Å². The molecule has 0 aromatic heterocycles. The molecule has 0 saturated heterocycles. The van der Waals surface area contributed by atoms with E-state index in [9.17, 15) is 10.1 Å². The van der Waals surface area contributed by atoms with Crippen molar-refractivity contribution in [3.05, 3.63) is 62.1 Å². The first-order valence-corrected chi connectivity index (χ1v) is 8.05. The van der Waals surface area contributed by atoms with Gasteiger partial charge in [0.1, 0.15) is 6.61 Å². The summed E-state index contributed by atoms with van der Waals surface area (Å²) in [5.74, 6) is 0.826. The molecule has 2 rings (SSSR count). The minimum atomic E-state index is -0.452. The van der Waals surface area contributed by atoms with Gasteiger partial charge in [-0.05, 0) is 51.3 Å². The standard InChI is InChI=1S/C16H16BrN5O4/c1-25-14-7-11(8-20-21-16(18)19)6-13(17)15(14)26-9-10-2-4-12(5-3-10)22(23)24/h2-8H,9H2,1H3,(H4,18,19,21)/b20-8-. The van der Waals surface area contributed by atoms with E-state index in [2.05, 4.69) is 26.1 Å². The van der Waals surface area contributed by atoms with Crippen molar-refractivity contribution in [3.8, 4) is 11.5 Å². The summed E-state index contributed by atoms with van der Waals surface area (Å²) in [6, 6.07) is 9.59. The van der Waals surface area contributed by atoms with Crippen LogP contribution in [0.5, 0.6) is 11.5 Å². The maximum absolute atomic E-state index is 10.7. The third kappa shape index (κ3) is 5.18. The molecule has 2 aromatic rings. The van der Waals surface area contributed by atoms with E-state index in [0.29, 0.717) is 21.5 Å². The number of nitrogens with zero attached hydrogens (tertiary/aromatic N) is 3. The van der Waals surface area contributed by atoms with Crippen molar-refractivity contribution in [3.63, 3.8) is 0 Å². The lowest BCUT2D eigenvalue weighted by molar-refractivity contribution is -0.384. The van der Waals surface area contributed by atoms with E-state index in [-0.39, 0.29) is 18.3 Å². The summed E-state index contributed by atoms with van der Waals surface area (Å²) in [5.41, 5.74) is 11.9. The van der Waals surface area contributed by atoms with E-state index >= 15 is 0 Å². The predicted octanol–water partition coefficient (Wildman–Crippen LogP) is 2.55. The first-order valence-electron chi connectivity index (χ1n) is 7.26. The molecule has 2 aromatic carbocycles. The largest absolute Gasteiger partial charge is 0.493 e. The van der Waals surface area contributed by atoms with Crippen LogP contribution in [0.3, 0.4) is 0 Å². The summed E-state index contributed by atoms with van der Waals surface area (Å²) in [4.78, 5) is 10.2. The third-order valence-corrected chi connectivity index (χ3v) is 3.75. The van der Waals surface area contributed by atoms with Gasteiger partial charge < -0.3 is 20.9 Å². The van der Waals surface area contributed by atoms with Crippen molar-refractivity contribution in [1.29, 1.82) is 0 Å². The number of hydrogen-bond donors (Lipinski definition) is 2. The molecule has 0 spiro atoms. The van der Waals surface area contributed by atoms with Crippen LogP contribution in [0.15, 0.2) is 51.1 Å². The zero-order chi connectivity index (χ0) is 19.1. The molecule has 0 bridgehead atoms. The second kappa shape index (κ2) is 8.81. The van der Waals surface area contributed by atoms with Gasteiger partial charge in [0.2, 0.25) is 5.96 Å². The number of rotatable bonds is 7. The van der Waals surface area contributed by atoms with Crippen LogP contribution >= 0.6 is 15.9 Å². The van der Waals surface area contributed by atoms with E-state index in [1.54, 1.807) is 24.3 Å². The molecule has 0 saturated carbocycles. The van der Waals surface area contributed by atoms with Crippen LogP contribution in [0.25, 0.3) is 0 Å². The van der Waals surface area contributed by atoms with Crippen molar-refractivity contribution in [2.45, 2.75) is 6.61 Å². The van der Waals surface area contributed by atoms with Crippen LogP contribution < -0.4 is 20.9 Å². The summed E-state index contributed by atoms with van der Waals surface area (Å²) < 4.78 is 11.8. The Bertz CT molecular complexity index is 848. The van der Waals surface area contributed by atoms with E-state index < -0.39 is 4.92 Å². The molecule has 0 amide bonds. The zero-order valence-electron chi connectivity index (χ0n) is 13.8. The van der Waals surface area contributed by atoms with Crippen LogP contribution in [0, 0.1) is 10.1 Å². The van der Waals surface area contributed by atoms with Gasteiger partial charge in [0.25, 0.3) is 5.69 Å². The Morgan fingerprint density at radius 1 is 1.31 bits per heavy atom. The number of hydrogen-bond acceptors (Lipinski definition) is 6. The number of benzene rings is 2. The monoisotopic (exact) mass is 421 g/mol. The molecule has 0 atom stereocenters. The normalized spacial score (nSPS) is 10.5. The van der Waals surface area contributed by atoms with Gasteiger partial charge in [0.15, 0.2) is 11.5 Å². The average molecular weight is 422 g/mol. The second-order valence-electron chi connectivity index (χ2n) is 5.02. The highest BCUT2D eigenvalue weighted by molar-refractivity contribution is 9.10. The number of nitro benzene ring substituents is 1. The fraction of sp³-hybridized carbons (Fsp3) is 0.125. The Morgan fingerprint density at radius 3 is 2.58 bits per heavy atom. The molecule has 0 fully saturated rings. The first kappa shape index (κ1) is 19.2. The lowest BCUT2D eigenvalue weighted by Gasteiger charge is -2.13. The number of non-ortho nitro benzene ring substituents is 1. The highest BCUT2D eigenvalue weighted by atomic mass is 79.9. The maximum atomic E-state index is 10.7. The van der Waals surface area contributed by atoms with Gasteiger partial charge in [-0.1, -0.05) is 0 Å². The summed E-state index contributed by atoms with van der Waals surface area (Å²) in [5, 5.41) is 18.0. The lowest BCUT2D eigenvalue weighted by Crippen LogP contribution is -2.21. The molecule has 4 N–H and O–H groups in total. The van der Waals surface area contributed by atoms with Gasteiger partial charge >= 0.3 is 0 Å². The van der Waals surface area contributed by atoms with Gasteiger partial charge in [0.05, 0.1) is 22.7 Å². The van der Waals surface area contributed by atoms with E-state index in [0.717, 1.165) is 5.56 Å². The molecule has 26 heavy (non-hydrogen) atoms. The fourth-order valence-electron chi connectivity index (χ4n) is 1.99. The quantitative estimate of drug-likeness (QED) is 0.304. The molecule has 0 aliphatic carbocycles. The third-order valence-electron chi connectivity index (χ3n) is 3.16. The summed E-state index contributed by atoms with van der Waals surface area (Å²) in [6.07, 6.45) is 1.47. The lowest BCUT2D eigenvalue weighted by atomic mass is 10.2. The van der Waals surface area contributed by atoms with Gasteiger partial charge in [-0.2, -0.15) is 5.10 Å². The van der Waals surface area contributed by atoms with Gasteiger partial charge in [0, 0.05) is 12.1 Å². The molecule has 0 radical (unpaired) electrons. The fourth-order valence-corrected chi connectivity index (χ4v) is 2.56. The van der Waals surface area contributed by atoms with E-state index in [1.807, 2.05) is 0 Å². The van der Waals surface area contributed by atoms with Crippen molar-refractivity contribution < 1.29 is 14.4 Å². The molecule has 0 aliphatic rings. The summed E-state index contributed by atoms with van der Waals surface area (Å²) in [6.45, 7) is 0.217. The van der Waals surface area contributed by atoms with Crippen LogP contribution in [0.1, 0.15) is 11.1 Å². The minimum absolute atomic E-state index is 0.0249. The molecule has 0 heterocycles. The number of ether oxygens (including phenoxy) is 2. The average Bonchev–Trinajstić information content (AvgIpc) is 2.60. The van der Waals surface area contributed by atoms with Gasteiger partial charge in [-0.3, -0.25) is 10.1 Å². The van der Waals surface area contributed by atoms with E-state index in [4.69, 9.17) is 20.9 Å². The van der Waals surface area contributed by atoms with Crippen LogP contribution in [-0.4, -0.2) is 24.2 Å². The van der Waals surface area contributed by atoms with Crippen LogP contribution in [-0.2, 0) is 6.61 Å². The first-order chi connectivity index (χ1) is 12.4. The van der Waals surface area contributed by atoms with Crippen molar-refractivity contribution in [1.82, 2.24) is 0 Å². The highest BCUT2D eigenvalue weighted by Crippen LogP contribution is 2.37. The van der Waals surface area contributed by atoms with Gasteiger partial charge in [-0.25, -0.2) is 0 Å². The Balaban J connectivity index is 2.17. The molecule has 9 nitrogen and oxygen atoms in total. The molecule has 10 heteroatoms. The molecular formula is C16H16BrN5O4. The highest BCUT2D eigenvalue weighted by Gasteiger charge is 2.12. The summed E-state index contributed by atoms with van der Waals surface area (Å²) in [7, 11) is 1.51. The topological polar surface area (TPSA) is 138 Å². The number of nitrogens with two attached hydrogens (primary N) is 2. The zero-order valence-corrected chi connectivity index (χ0v) is 15.3. The van der Waals surface area contributed by atoms with Gasteiger partial charge in [-0.15, -0.1) is 5.10 Å². The number of guanidine groups is 1. The summed E-state index contributed by atoms with van der Waals surface area (Å²) >= 11 is 3.42. The minimum Gasteiger partial charge on any atom is -0.493 e. The SMILES string of the molecule is COc1cc(/C=N\N=C(N)N)cc(Br)c1OCc1ccc([N+](=O)[O-])cc1. The number of halogens is 1. The van der Waals surface area contributed by atoms with Crippen molar-refractivity contribution in [2.24, 2.45) is 21.7 Å². The maximum Gasteiger partial charge on any atom is 0.269 e. The molecule has 0 unspecified atom stereocenters. The van der Waals surface area contributed by atoms with Crippen LogP contribution in [0.2, 0.25) is 0 Å². The Hall–Kier alpha value is -3.14. The Labute approximate surface area is 157 Å². The molecule has 136 valence electrons. The second-order valence-corrected chi connectivity index (χ2v) is 5.87. The molecule has 0 aliphatic heterocycles. The van der Waals surface area contributed by atoms with Crippen LogP contribution in [0.4, 0.5) is 5.69 Å².